The Kier molecular flexibility index (Phi) is 3.21. The van der Waals surface area contributed by atoms with Crippen LogP contribution in [0.5, 0.6) is 0 Å². The minimum atomic E-state index is -0.917. The number of aromatic carboxylic acids is 1. The first kappa shape index (κ1) is 11.5. The zero-order valence-electron chi connectivity index (χ0n) is 9.19. The molecule has 4 nitrogen and oxygen atoms in total. The lowest BCUT2D eigenvalue weighted by molar-refractivity contribution is 0.0678. The number of rotatable bonds is 2. The molecule has 88 valence electrons. The Morgan fingerprint density at radius 3 is 3.00 bits per heavy atom. The minimum Gasteiger partial charge on any atom is -0.477 e. The third-order valence-corrected chi connectivity index (χ3v) is 3.23. The molecule has 0 radical (unpaired) electrons. The molecule has 1 saturated heterocycles. The Morgan fingerprint density at radius 1 is 1.62 bits per heavy atom. The second-order valence-electron chi connectivity index (χ2n) is 4.31. The van der Waals surface area contributed by atoms with Crippen LogP contribution in [0.2, 0.25) is 5.02 Å². The van der Waals surface area contributed by atoms with Gasteiger partial charge in [0.1, 0.15) is 5.69 Å². The van der Waals surface area contributed by atoms with Crippen LogP contribution in [0, 0.1) is 0 Å². The Labute approximate surface area is 99.4 Å². The van der Waals surface area contributed by atoms with E-state index in [9.17, 15) is 4.79 Å². The van der Waals surface area contributed by atoms with Gasteiger partial charge in [0.15, 0.2) is 0 Å². The smallest absolute Gasteiger partial charge is 0.352 e. The summed E-state index contributed by atoms with van der Waals surface area (Å²) in [5.74, 6) is -0.917. The fraction of sp³-hybridized carbons (Fsp3) is 0.545. The molecule has 1 unspecified atom stereocenters. The molecule has 1 aromatic rings. The number of hydrogen-bond donors (Lipinski definition) is 1. The van der Waals surface area contributed by atoms with Crippen LogP contribution in [-0.2, 0) is 0 Å². The van der Waals surface area contributed by atoms with E-state index < -0.39 is 5.97 Å². The fourth-order valence-corrected chi connectivity index (χ4v) is 2.49. The number of piperidine rings is 1. The van der Waals surface area contributed by atoms with Crippen LogP contribution in [0.25, 0.3) is 0 Å². The number of carboxylic acid groups (broad SMARTS) is 1. The van der Waals surface area contributed by atoms with Crippen LogP contribution in [0.1, 0.15) is 29.4 Å². The van der Waals surface area contributed by atoms with Crippen molar-refractivity contribution in [2.45, 2.75) is 18.9 Å². The Morgan fingerprint density at radius 2 is 2.38 bits per heavy atom. The van der Waals surface area contributed by atoms with Crippen molar-refractivity contribution >= 4 is 17.6 Å². The third-order valence-electron chi connectivity index (χ3n) is 3.03. The highest BCUT2D eigenvalue weighted by Crippen LogP contribution is 2.25. The molecule has 0 aromatic carbocycles. The second-order valence-corrected chi connectivity index (χ2v) is 4.75. The van der Waals surface area contributed by atoms with E-state index >= 15 is 0 Å². The zero-order chi connectivity index (χ0) is 11.7. The lowest BCUT2D eigenvalue weighted by Crippen LogP contribution is -2.34. The summed E-state index contributed by atoms with van der Waals surface area (Å²) in [7, 11) is 2.05. The van der Waals surface area contributed by atoms with Crippen LogP contribution < -0.4 is 0 Å². The Balaban J connectivity index is 2.28. The van der Waals surface area contributed by atoms with Crippen molar-refractivity contribution in [1.29, 1.82) is 0 Å². The normalized spacial score (nSPS) is 22.2. The van der Waals surface area contributed by atoms with Gasteiger partial charge in [-0.15, -0.1) is 0 Å². The van der Waals surface area contributed by atoms with Gasteiger partial charge in [-0.1, -0.05) is 11.6 Å². The first-order valence-electron chi connectivity index (χ1n) is 5.37. The van der Waals surface area contributed by atoms with Gasteiger partial charge < -0.3 is 14.6 Å². The number of aromatic nitrogens is 1. The summed E-state index contributed by atoms with van der Waals surface area (Å²) in [5, 5.41) is 9.57. The summed E-state index contributed by atoms with van der Waals surface area (Å²) in [6.07, 6.45) is 3.82. The zero-order valence-corrected chi connectivity index (χ0v) is 9.94. The van der Waals surface area contributed by atoms with Crippen LogP contribution >= 0.6 is 11.6 Å². The van der Waals surface area contributed by atoms with E-state index in [-0.39, 0.29) is 11.7 Å². The van der Waals surface area contributed by atoms with Gasteiger partial charge in [-0.2, -0.15) is 0 Å². The molecule has 5 heteroatoms. The van der Waals surface area contributed by atoms with E-state index in [0.29, 0.717) is 5.02 Å². The van der Waals surface area contributed by atoms with Crippen molar-refractivity contribution in [1.82, 2.24) is 9.47 Å². The molecule has 1 N–H and O–H groups in total. The van der Waals surface area contributed by atoms with E-state index in [1.54, 1.807) is 10.8 Å². The molecule has 1 aromatic heterocycles. The van der Waals surface area contributed by atoms with Gasteiger partial charge in [-0.3, -0.25) is 0 Å². The fourth-order valence-electron chi connectivity index (χ4n) is 2.29. The molecule has 0 spiro atoms. The lowest BCUT2D eigenvalue weighted by atomic mass is 10.1. The summed E-state index contributed by atoms with van der Waals surface area (Å²) >= 11 is 5.87. The quantitative estimate of drug-likeness (QED) is 0.864. The van der Waals surface area contributed by atoms with Crippen molar-refractivity contribution in [3.63, 3.8) is 0 Å². The molecule has 16 heavy (non-hydrogen) atoms. The van der Waals surface area contributed by atoms with E-state index in [0.717, 1.165) is 25.9 Å². The first-order valence-corrected chi connectivity index (χ1v) is 5.75. The van der Waals surface area contributed by atoms with Gasteiger partial charge in [0.05, 0.1) is 5.02 Å². The average molecular weight is 243 g/mol. The topological polar surface area (TPSA) is 45.5 Å². The van der Waals surface area contributed by atoms with Crippen LogP contribution in [-0.4, -0.2) is 40.7 Å². The van der Waals surface area contributed by atoms with E-state index in [4.69, 9.17) is 16.7 Å². The van der Waals surface area contributed by atoms with Gasteiger partial charge >= 0.3 is 5.97 Å². The lowest BCUT2D eigenvalue weighted by Gasteiger charge is -2.31. The average Bonchev–Trinajstić information content (AvgIpc) is 2.60. The maximum absolute atomic E-state index is 11.1. The number of likely N-dealkylation sites (N-methyl/N-ethyl adjacent to an activating group) is 1. The summed E-state index contributed by atoms with van der Waals surface area (Å²) < 4.78 is 1.79. The molecule has 1 fully saturated rings. The number of hydrogen-bond acceptors (Lipinski definition) is 2. The highest BCUT2D eigenvalue weighted by molar-refractivity contribution is 6.30. The third kappa shape index (κ3) is 2.23. The second kappa shape index (κ2) is 4.47. The molecule has 2 rings (SSSR count). The van der Waals surface area contributed by atoms with Crippen molar-refractivity contribution in [3.8, 4) is 0 Å². The predicted molar refractivity (Wildman–Crippen MR) is 62.2 cm³/mol. The SMILES string of the molecule is CN1CCCC(n2cc(Cl)cc2C(=O)O)C1. The van der Waals surface area contributed by atoms with Crippen molar-refractivity contribution < 1.29 is 9.90 Å². The molecule has 1 atom stereocenters. The van der Waals surface area contributed by atoms with E-state index in [1.807, 2.05) is 0 Å². The standard InChI is InChI=1S/C11H15ClN2O2/c1-13-4-2-3-9(7-13)14-6-8(12)5-10(14)11(15)16/h5-6,9H,2-4,7H2,1H3,(H,15,16). The maximum atomic E-state index is 11.1. The molecule has 0 saturated carbocycles. The number of halogens is 1. The Hall–Kier alpha value is -1.00. The molecule has 1 aliphatic heterocycles. The Bertz CT molecular complexity index is 403. The predicted octanol–water partition coefficient (Wildman–Crippen LogP) is 2.11. The van der Waals surface area contributed by atoms with Gasteiger partial charge in [0, 0.05) is 18.8 Å². The monoisotopic (exact) mass is 242 g/mol. The van der Waals surface area contributed by atoms with E-state index in [1.165, 1.54) is 6.07 Å². The highest BCUT2D eigenvalue weighted by atomic mass is 35.5. The summed E-state index contributed by atoms with van der Waals surface area (Å²) in [5.41, 5.74) is 0.283. The summed E-state index contributed by atoms with van der Waals surface area (Å²) in [4.78, 5) is 13.3. The van der Waals surface area contributed by atoms with Crippen LogP contribution in [0.4, 0.5) is 0 Å². The van der Waals surface area contributed by atoms with Crippen molar-refractivity contribution in [3.05, 3.63) is 23.0 Å². The summed E-state index contributed by atoms with van der Waals surface area (Å²) in [6.45, 7) is 1.96. The number of nitrogens with zero attached hydrogens (tertiary/aromatic N) is 2. The van der Waals surface area contributed by atoms with Gasteiger partial charge in [0.25, 0.3) is 0 Å². The van der Waals surface area contributed by atoms with Crippen LogP contribution in [0.15, 0.2) is 12.3 Å². The molecular formula is C11H15ClN2O2. The summed E-state index contributed by atoms with van der Waals surface area (Å²) in [6, 6.07) is 1.73. The molecule has 0 amide bonds. The van der Waals surface area contributed by atoms with Gasteiger partial charge in [-0.05, 0) is 32.5 Å². The number of carboxylic acids is 1. The van der Waals surface area contributed by atoms with E-state index in [2.05, 4.69) is 11.9 Å². The molecule has 2 heterocycles. The molecule has 0 bridgehead atoms. The maximum Gasteiger partial charge on any atom is 0.352 e. The number of likely N-dealkylation sites (tertiary alicyclic amines) is 1. The highest BCUT2D eigenvalue weighted by Gasteiger charge is 2.23. The minimum absolute atomic E-state index is 0.220. The number of carbonyl (C=O) groups is 1. The molecule has 0 aliphatic carbocycles. The van der Waals surface area contributed by atoms with Gasteiger partial charge in [0.2, 0.25) is 0 Å². The van der Waals surface area contributed by atoms with Crippen molar-refractivity contribution in [2.75, 3.05) is 20.1 Å². The molecular weight excluding hydrogens is 228 g/mol. The first-order chi connectivity index (χ1) is 7.58. The van der Waals surface area contributed by atoms with Crippen LogP contribution in [0.3, 0.4) is 0 Å². The molecule has 1 aliphatic rings. The van der Waals surface area contributed by atoms with Crippen molar-refractivity contribution in [2.24, 2.45) is 0 Å². The van der Waals surface area contributed by atoms with Gasteiger partial charge in [-0.25, -0.2) is 4.79 Å². The largest absolute Gasteiger partial charge is 0.477 e.